The van der Waals surface area contributed by atoms with Crippen LogP contribution in [0.4, 0.5) is 5.69 Å². The van der Waals surface area contributed by atoms with E-state index >= 15 is 0 Å². The summed E-state index contributed by atoms with van der Waals surface area (Å²) in [6.07, 6.45) is 0. The van der Waals surface area contributed by atoms with Gasteiger partial charge in [0.2, 0.25) is 0 Å². The molecule has 0 aromatic heterocycles. The summed E-state index contributed by atoms with van der Waals surface area (Å²) in [7, 11) is 5.45. The highest BCUT2D eigenvalue weighted by atomic mass is 35.5. The Hall–Kier alpha value is -1.40. The van der Waals surface area contributed by atoms with Gasteiger partial charge in [-0.05, 0) is 49.5 Å². The van der Waals surface area contributed by atoms with Crippen molar-refractivity contribution in [3.05, 3.63) is 63.6 Å². The van der Waals surface area contributed by atoms with E-state index in [4.69, 9.17) is 27.9 Å². The molecule has 0 saturated heterocycles. The van der Waals surface area contributed by atoms with Crippen LogP contribution < -0.4 is 5.32 Å². The maximum atomic E-state index is 11.7. The zero-order valence-corrected chi connectivity index (χ0v) is 18.0. The summed E-state index contributed by atoms with van der Waals surface area (Å²) >= 11 is 14.2. The van der Waals surface area contributed by atoms with E-state index in [1.54, 1.807) is 0 Å². The van der Waals surface area contributed by atoms with Gasteiger partial charge in [-0.3, -0.25) is 4.79 Å². The molecule has 0 amide bonds. The Kier molecular flexibility index (Phi) is 8.77. The van der Waals surface area contributed by atoms with Crippen molar-refractivity contribution in [2.75, 3.05) is 45.4 Å². The fourth-order valence-corrected chi connectivity index (χ4v) is 4.24. The molecule has 2 aromatic rings. The van der Waals surface area contributed by atoms with Crippen molar-refractivity contribution in [2.45, 2.75) is 5.25 Å². The van der Waals surface area contributed by atoms with E-state index < -0.39 is 0 Å². The van der Waals surface area contributed by atoms with Gasteiger partial charge in [0, 0.05) is 28.8 Å². The molecule has 146 valence electrons. The van der Waals surface area contributed by atoms with E-state index in [2.05, 4.69) is 10.2 Å². The van der Waals surface area contributed by atoms with E-state index in [1.807, 2.05) is 56.6 Å². The molecule has 4 nitrogen and oxygen atoms in total. The predicted molar refractivity (Wildman–Crippen MR) is 116 cm³/mol. The molecule has 2 aromatic carbocycles. The van der Waals surface area contributed by atoms with E-state index in [-0.39, 0.29) is 17.0 Å². The molecule has 2 rings (SSSR count). The number of halogens is 2. The third-order valence-corrected chi connectivity index (χ3v) is 5.78. The van der Waals surface area contributed by atoms with Gasteiger partial charge in [-0.25, -0.2) is 0 Å². The lowest BCUT2D eigenvalue weighted by molar-refractivity contribution is -0.137. The first-order valence-electron chi connectivity index (χ1n) is 8.53. The smallest absolute Gasteiger partial charge is 0.315 e. The van der Waals surface area contributed by atoms with Crippen LogP contribution in [0.15, 0.2) is 42.5 Å². The van der Waals surface area contributed by atoms with Crippen LogP contribution in [0.2, 0.25) is 10.0 Å². The Morgan fingerprint density at radius 3 is 2.59 bits per heavy atom. The zero-order chi connectivity index (χ0) is 19.8. The summed E-state index contributed by atoms with van der Waals surface area (Å²) in [5.74, 6) is -0.0584. The quantitative estimate of drug-likeness (QED) is 0.573. The van der Waals surface area contributed by atoms with Gasteiger partial charge in [-0.15, -0.1) is 11.8 Å². The zero-order valence-electron chi connectivity index (χ0n) is 15.7. The minimum absolute atomic E-state index is 0.154. The highest BCUT2D eigenvalue weighted by molar-refractivity contribution is 8.00. The average Bonchev–Trinajstić information content (AvgIpc) is 2.64. The van der Waals surface area contributed by atoms with Crippen LogP contribution in [0.1, 0.15) is 16.4 Å². The molecule has 7 heteroatoms. The third-order valence-electron chi connectivity index (χ3n) is 3.95. The number of likely N-dealkylation sites (N-methyl/N-ethyl adjacent to an activating group) is 1. The summed E-state index contributed by atoms with van der Waals surface area (Å²) in [6.45, 7) is 1.69. The minimum atomic E-state index is -0.277. The number of benzene rings is 2. The summed E-state index contributed by atoms with van der Waals surface area (Å²) in [5, 5.41) is 4.61. The molecule has 0 heterocycles. The maximum absolute atomic E-state index is 11.7. The monoisotopic (exact) mass is 426 g/mol. The summed E-state index contributed by atoms with van der Waals surface area (Å²) in [5.41, 5.74) is 2.90. The predicted octanol–water partition coefficient (Wildman–Crippen LogP) is 4.96. The first-order valence-corrected chi connectivity index (χ1v) is 10.3. The molecule has 0 bridgehead atoms. The Balaban J connectivity index is 2.40. The van der Waals surface area contributed by atoms with Crippen molar-refractivity contribution in [3.8, 4) is 0 Å². The highest BCUT2D eigenvalue weighted by Crippen LogP contribution is 2.42. The van der Waals surface area contributed by atoms with E-state index in [0.717, 1.165) is 29.9 Å². The van der Waals surface area contributed by atoms with Gasteiger partial charge < -0.3 is 15.0 Å². The molecule has 0 radical (unpaired) electrons. The number of esters is 1. The van der Waals surface area contributed by atoms with Gasteiger partial charge in [-0.1, -0.05) is 41.4 Å². The highest BCUT2D eigenvalue weighted by Gasteiger charge is 2.22. The summed E-state index contributed by atoms with van der Waals surface area (Å²) < 4.78 is 4.81. The lowest BCUT2D eigenvalue weighted by Gasteiger charge is -2.23. The SMILES string of the molecule is COC(=O)CSC(c1ccccc1Cl)c1cc(Cl)ccc1NCCN(C)C. The van der Waals surface area contributed by atoms with Gasteiger partial charge in [0.05, 0.1) is 18.1 Å². The van der Waals surface area contributed by atoms with Crippen molar-refractivity contribution in [2.24, 2.45) is 0 Å². The molecular weight excluding hydrogens is 403 g/mol. The number of carbonyl (C=O) groups is 1. The molecule has 0 aliphatic rings. The number of thioether (sulfide) groups is 1. The minimum Gasteiger partial charge on any atom is -0.468 e. The van der Waals surface area contributed by atoms with Crippen LogP contribution in [0, 0.1) is 0 Å². The van der Waals surface area contributed by atoms with Gasteiger partial charge in [-0.2, -0.15) is 0 Å². The van der Waals surface area contributed by atoms with Crippen molar-refractivity contribution < 1.29 is 9.53 Å². The summed E-state index contributed by atoms with van der Waals surface area (Å²) in [4.78, 5) is 13.9. The molecule has 1 unspecified atom stereocenters. The van der Waals surface area contributed by atoms with Crippen molar-refractivity contribution in [3.63, 3.8) is 0 Å². The van der Waals surface area contributed by atoms with Gasteiger partial charge in [0.1, 0.15) is 0 Å². The Bertz CT molecular complexity index is 771. The number of hydrogen-bond donors (Lipinski definition) is 1. The fourth-order valence-electron chi connectivity index (χ4n) is 2.57. The van der Waals surface area contributed by atoms with Crippen LogP contribution in [0.25, 0.3) is 0 Å². The summed E-state index contributed by atoms with van der Waals surface area (Å²) in [6, 6.07) is 13.4. The van der Waals surface area contributed by atoms with Gasteiger partial charge in [0.15, 0.2) is 0 Å². The lowest BCUT2D eigenvalue weighted by atomic mass is 10.0. The Morgan fingerprint density at radius 2 is 1.93 bits per heavy atom. The molecule has 0 aliphatic carbocycles. The van der Waals surface area contributed by atoms with Gasteiger partial charge >= 0.3 is 5.97 Å². The van der Waals surface area contributed by atoms with Crippen LogP contribution in [0.5, 0.6) is 0 Å². The maximum Gasteiger partial charge on any atom is 0.315 e. The number of anilines is 1. The molecular formula is C20H24Cl2N2O2S. The first-order chi connectivity index (χ1) is 12.9. The van der Waals surface area contributed by atoms with Crippen LogP contribution in [0.3, 0.4) is 0 Å². The van der Waals surface area contributed by atoms with Gasteiger partial charge in [0.25, 0.3) is 0 Å². The number of nitrogens with one attached hydrogen (secondary N) is 1. The molecule has 0 saturated carbocycles. The molecule has 0 spiro atoms. The molecule has 27 heavy (non-hydrogen) atoms. The largest absolute Gasteiger partial charge is 0.468 e. The number of methoxy groups -OCH3 is 1. The van der Waals surface area contributed by atoms with Crippen molar-refractivity contribution in [1.82, 2.24) is 4.90 Å². The van der Waals surface area contributed by atoms with Crippen molar-refractivity contribution in [1.29, 1.82) is 0 Å². The second-order valence-corrected chi connectivity index (χ2v) is 8.19. The number of nitrogens with zero attached hydrogens (tertiary/aromatic N) is 1. The Labute approximate surface area is 175 Å². The number of carbonyl (C=O) groups excluding carboxylic acids is 1. The molecule has 1 atom stereocenters. The average molecular weight is 427 g/mol. The molecule has 0 aliphatic heterocycles. The first kappa shape index (κ1) is 21.9. The number of ether oxygens (including phenoxy) is 1. The molecule has 0 fully saturated rings. The van der Waals surface area contributed by atoms with Crippen LogP contribution >= 0.6 is 35.0 Å². The van der Waals surface area contributed by atoms with E-state index in [9.17, 15) is 4.79 Å². The topological polar surface area (TPSA) is 41.6 Å². The van der Waals surface area contributed by atoms with E-state index in [0.29, 0.717) is 10.0 Å². The Morgan fingerprint density at radius 1 is 1.19 bits per heavy atom. The van der Waals surface area contributed by atoms with Crippen molar-refractivity contribution >= 4 is 46.6 Å². The van der Waals surface area contributed by atoms with Crippen LogP contribution in [-0.4, -0.2) is 50.9 Å². The van der Waals surface area contributed by atoms with Crippen LogP contribution in [-0.2, 0) is 9.53 Å². The second-order valence-electron chi connectivity index (χ2n) is 6.25. The standard InChI is InChI=1S/C20H24Cl2N2O2S/c1-24(2)11-10-23-18-9-8-14(21)12-16(18)20(27-13-19(25)26-3)15-6-4-5-7-17(15)22/h4-9,12,20,23H,10-11,13H2,1-3H3. The number of rotatable bonds is 9. The third kappa shape index (κ3) is 6.61. The normalized spacial score (nSPS) is 12.1. The molecule has 1 N–H and O–H groups in total. The fraction of sp³-hybridized carbons (Fsp3) is 0.350. The lowest BCUT2D eigenvalue weighted by Crippen LogP contribution is -2.21. The van der Waals surface area contributed by atoms with E-state index in [1.165, 1.54) is 18.9 Å². The second kappa shape index (κ2) is 10.8. The number of hydrogen-bond acceptors (Lipinski definition) is 5.